The molecule has 0 bridgehead atoms. The van der Waals surface area contributed by atoms with E-state index >= 15 is 0 Å². The number of nitriles is 1. The Morgan fingerprint density at radius 3 is 2.87 bits per heavy atom. The largest absolute Gasteiger partial charge is 0.330 e. The van der Waals surface area contributed by atoms with Crippen LogP contribution < -0.4 is 5.69 Å². The summed E-state index contributed by atoms with van der Waals surface area (Å²) < 4.78 is 1.34. The first-order valence-corrected chi connectivity index (χ1v) is 4.56. The number of hydrogen-bond acceptors (Lipinski definition) is 2. The van der Waals surface area contributed by atoms with Crippen LogP contribution in [-0.2, 0) is 0 Å². The third-order valence-electron chi connectivity index (χ3n) is 1.99. The van der Waals surface area contributed by atoms with E-state index in [0.717, 1.165) is 0 Å². The van der Waals surface area contributed by atoms with Crippen LogP contribution in [0.15, 0.2) is 35.4 Å². The van der Waals surface area contributed by atoms with E-state index in [2.05, 4.69) is 4.98 Å². The van der Waals surface area contributed by atoms with Gasteiger partial charge in [0, 0.05) is 17.4 Å². The molecule has 74 valence electrons. The third-order valence-corrected chi connectivity index (χ3v) is 2.22. The molecule has 0 radical (unpaired) electrons. The Morgan fingerprint density at radius 2 is 2.27 bits per heavy atom. The van der Waals surface area contributed by atoms with Gasteiger partial charge in [-0.1, -0.05) is 11.6 Å². The van der Waals surface area contributed by atoms with Gasteiger partial charge in [0.05, 0.1) is 11.3 Å². The highest BCUT2D eigenvalue weighted by Gasteiger charge is 2.06. The molecule has 0 unspecified atom stereocenters. The standard InChI is InChI=1S/C10H6ClN3O/c11-8-2-1-7(6-12)9(5-8)14-4-3-13-10(14)15/h1-5H,(H,13,15). The van der Waals surface area contributed by atoms with Crippen LogP contribution in [-0.4, -0.2) is 9.55 Å². The minimum atomic E-state index is -0.297. The maximum Gasteiger partial charge on any atom is 0.330 e. The second-order valence-corrected chi connectivity index (χ2v) is 3.34. The van der Waals surface area contributed by atoms with Crippen LogP contribution in [0.25, 0.3) is 5.69 Å². The average Bonchev–Trinajstić information content (AvgIpc) is 2.64. The fourth-order valence-corrected chi connectivity index (χ4v) is 1.48. The van der Waals surface area contributed by atoms with E-state index in [1.54, 1.807) is 24.4 Å². The number of imidazole rings is 1. The fourth-order valence-electron chi connectivity index (χ4n) is 1.31. The molecule has 0 atom stereocenters. The maximum atomic E-state index is 11.4. The van der Waals surface area contributed by atoms with Crippen molar-refractivity contribution in [3.63, 3.8) is 0 Å². The molecule has 0 saturated carbocycles. The van der Waals surface area contributed by atoms with Gasteiger partial charge in [-0.25, -0.2) is 4.79 Å². The molecule has 0 fully saturated rings. The lowest BCUT2D eigenvalue weighted by molar-refractivity contribution is 0.983. The normalized spacial score (nSPS) is 9.87. The highest BCUT2D eigenvalue weighted by Crippen LogP contribution is 2.17. The van der Waals surface area contributed by atoms with Crippen LogP contribution in [0.5, 0.6) is 0 Å². The molecule has 1 aromatic heterocycles. The zero-order chi connectivity index (χ0) is 10.8. The van der Waals surface area contributed by atoms with Gasteiger partial charge in [-0.05, 0) is 18.2 Å². The lowest BCUT2D eigenvalue weighted by atomic mass is 10.2. The van der Waals surface area contributed by atoms with Crippen molar-refractivity contribution < 1.29 is 0 Å². The summed E-state index contributed by atoms with van der Waals surface area (Å²) in [6.07, 6.45) is 3.05. The van der Waals surface area contributed by atoms with Crippen molar-refractivity contribution in [1.29, 1.82) is 5.26 Å². The SMILES string of the molecule is N#Cc1ccc(Cl)cc1-n1cc[nH]c1=O. The van der Waals surface area contributed by atoms with E-state index < -0.39 is 0 Å². The van der Waals surface area contributed by atoms with Crippen molar-refractivity contribution in [2.45, 2.75) is 0 Å². The summed E-state index contributed by atoms with van der Waals surface area (Å²) in [4.78, 5) is 13.8. The van der Waals surface area contributed by atoms with Gasteiger partial charge >= 0.3 is 5.69 Å². The van der Waals surface area contributed by atoms with Gasteiger partial charge in [-0.2, -0.15) is 5.26 Å². The van der Waals surface area contributed by atoms with Crippen LogP contribution in [0.1, 0.15) is 5.56 Å². The van der Waals surface area contributed by atoms with Gasteiger partial charge in [-0.15, -0.1) is 0 Å². The maximum absolute atomic E-state index is 11.4. The summed E-state index contributed by atoms with van der Waals surface area (Å²) in [5.41, 5.74) is 0.589. The number of hydrogen-bond donors (Lipinski definition) is 1. The molecule has 1 aromatic carbocycles. The third kappa shape index (κ3) is 1.65. The van der Waals surface area contributed by atoms with Crippen molar-refractivity contribution in [2.24, 2.45) is 0 Å². The first-order chi connectivity index (χ1) is 7.22. The van der Waals surface area contributed by atoms with E-state index in [1.165, 1.54) is 10.8 Å². The lowest BCUT2D eigenvalue weighted by Crippen LogP contribution is -2.15. The number of rotatable bonds is 1. The summed E-state index contributed by atoms with van der Waals surface area (Å²) in [5, 5.41) is 9.36. The molecule has 4 nitrogen and oxygen atoms in total. The molecule has 0 aliphatic heterocycles. The van der Waals surface area contributed by atoms with Gasteiger partial charge in [0.2, 0.25) is 0 Å². The summed E-state index contributed by atoms with van der Waals surface area (Å²) in [7, 11) is 0. The molecule has 2 aromatic rings. The van der Waals surface area contributed by atoms with Gasteiger partial charge in [-0.3, -0.25) is 4.57 Å². The second kappa shape index (κ2) is 3.64. The first-order valence-electron chi connectivity index (χ1n) is 4.18. The Hall–Kier alpha value is -1.99. The molecule has 0 aliphatic carbocycles. The minimum absolute atomic E-state index is 0.297. The van der Waals surface area contributed by atoms with Crippen molar-refractivity contribution in [2.75, 3.05) is 0 Å². The second-order valence-electron chi connectivity index (χ2n) is 2.91. The van der Waals surface area contributed by atoms with Crippen LogP contribution in [0.2, 0.25) is 5.02 Å². The molecule has 0 spiro atoms. The van der Waals surface area contributed by atoms with Crippen molar-refractivity contribution in [3.05, 3.63) is 51.7 Å². The molecular weight excluding hydrogens is 214 g/mol. The molecule has 0 aliphatic rings. The Morgan fingerprint density at radius 1 is 1.47 bits per heavy atom. The average molecular weight is 220 g/mol. The van der Waals surface area contributed by atoms with Gasteiger partial charge in [0.1, 0.15) is 6.07 Å². The van der Waals surface area contributed by atoms with Gasteiger partial charge in [0.25, 0.3) is 0 Å². The quantitative estimate of drug-likeness (QED) is 0.794. The van der Waals surface area contributed by atoms with Crippen LogP contribution >= 0.6 is 11.6 Å². The molecule has 15 heavy (non-hydrogen) atoms. The number of benzene rings is 1. The highest BCUT2D eigenvalue weighted by atomic mass is 35.5. The number of aromatic amines is 1. The van der Waals surface area contributed by atoms with Crippen molar-refractivity contribution in [3.8, 4) is 11.8 Å². The monoisotopic (exact) mass is 219 g/mol. The number of H-pyrrole nitrogens is 1. The Labute approximate surface area is 90.3 Å². The predicted octanol–water partition coefficient (Wildman–Crippen LogP) is 1.69. The Balaban J connectivity index is 2.73. The summed E-state index contributed by atoms with van der Waals surface area (Å²) in [5.74, 6) is 0. The van der Waals surface area contributed by atoms with E-state index in [-0.39, 0.29) is 5.69 Å². The number of aromatic nitrogens is 2. The van der Waals surface area contributed by atoms with E-state index in [0.29, 0.717) is 16.3 Å². The molecule has 1 N–H and O–H groups in total. The molecule has 0 amide bonds. The molecule has 0 saturated heterocycles. The van der Waals surface area contributed by atoms with E-state index in [4.69, 9.17) is 16.9 Å². The minimum Gasteiger partial charge on any atom is -0.312 e. The molecule has 2 rings (SSSR count). The van der Waals surface area contributed by atoms with Crippen molar-refractivity contribution in [1.82, 2.24) is 9.55 Å². The molecule has 5 heteroatoms. The van der Waals surface area contributed by atoms with Crippen LogP contribution in [0.3, 0.4) is 0 Å². The zero-order valence-electron chi connectivity index (χ0n) is 7.57. The predicted molar refractivity (Wildman–Crippen MR) is 56.1 cm³/mol. The highest BCUT2D eigenvalue weighted by molar-refractivity contribution is 6.30. The summed E-state index contributed by atoms with van der Waals surface area (Å²) >= 11 is 5.81. The van der Waals surface area contributed by atoms with E-state index in [9.17, 15) is 4.79 Å². The number of halogens is 1. The number of nitrogens with one attached hydrogen (secondary N) is 1. The molecule has 1 heterocycles. The lowest BCUT2D eigenvalue weighted by Gasteiger charge is -2.03. The van der Waals surface area contributed by atoms with Gasteiger partial charge < -0.3 is 4.98 Å². The van der Waals surface area contributed by atoms with Crippen molar-refractivity contribution >= 4 is 11.6 Å². The topological polar surface area (TPSA) is 61.6 Å². The molecular formula is C10H6ClN3O. The fraction of sp³-hybridized carbons (Fsp3) is 0. The van der Waals surface area contributed by atoms with Crippen LogP contribution in [0.4, 0.5) is 0 Å². The first kappa shape index (κ1) is 9.56. The summed E-state index contributed by atoms with van der Waals surface area (Å²) in [6.45, 7) is 0. The Bertz CT molecular complexity index is 591. The van der Waals surface area contributed by atoms with E-state index in [1.807, 2.05) is 6.07 Å². The Kier molecular flexibility index (Phi) is 2.32. The number of nitrogens with zero attached hydrogens (tertiary/aromatic N) is 2. The van der Waals surface area contributed by atoms with Crippen LogP contribution in [0, 0.1) is 11.3 Å². The zero-order valence-corrected chi connectivity index (χ0v) is 8.32. The summed E-state index contributed by atoms with van der Waals surface area (Å²) in [6, 6.07) is 6.78. The smallest absolute Gasteiger partial charge is 0.312 e. The van der Waals surface area contributed by atoms with Gasteiger partial charge in [0.15, 0.2) is 0 Å².